The molecule has 0 spiro atoms. The van der Waals surface area contributed by atoms with Crippen LogP contribution >= 0.6 is 15.9 Å². The Kier molecular flexibility index (Phi) is 4.69. The largest absolute Gasteiger partial charge is 0.480 e. The number of amides is 1. The van der Waals surface area contributed by atoms with Crippen LogP contribution in [0.2, 0.25) is 0 Å². The van der Waals surface area contributed by atoms with Crippen LogP contribution in [0.4, 0.5) is 0 Å². The van der Waals surface area contributed by atoms with Gasteiger partial charge in [-0.3, -0.25) is 9.59 Å². The van der Waals surface area contributed by atoms with Crippen molar-refractivity contribution in [2.75, 3.05) is 0 Å². The van der Waals surface area contributed by atoms with E-state index in [1.165, 1.54) is 6.92 Å². The van der Waals surface area contributed by atoms with Gasteiger partial charge in [0.2, 0.25) is 5.91 Å². The molecule has 1 amide bonds. The predicted octanol–water partition coefficient (Wildman–Crippen LogP) is 2.14. The van der Waals surface area contributed by atoms with Crippen LogP contribution in [0.5, 0.6) is 0 Å². The predicted molar refractivity (Wildman–Crippen MR) is 67.8 cm³/mol. The summed E-state index contributed by atoms with van der Waals surface area (Å²) in [6.07, 6.45) is 0. The van der Waals surface area contributed by atoms with E-state index in [-0.39, 0.29) is 11.8 Å². The quantitative estimate of drug-likeness (QED) is 0.895. The van der Waals surface area contributed by atoms with E-state index in [0.29, 0.717) is 0 Å². The van der Waals surface area contributed by atoms with Gasteiger partial charge < -0.3 is 10.4 Å². The number of carboxylic acid groups (broad SMARTS) is 1. The molecule has 5 heteroatoms. The van der Waals surface area contributed by atoms with E-state index < -0.39 is 12.0 Å². The second kappa shape index (κ2) is 5.82. The molecule has 17 heavy (non-hydrogen) atoms. The Balaban J connectivity index is 2.70. The first-order chi connectivity index (χ1) is 7.91. The smallest absolute Gasteiger partial charge is 0.325 e. The minimum Gasteiger partial charge on any atom is -0.480 e. The van der Waals surface area contributed by atoms with Gasteiger partial charge in [-0.1, -0.05) is 28.1 Å². The van der Waals surface area contributed by atoms with Crippen molar-refractivity contribution in [1.82, 2.24) is 5.32 Å². The van der Waals surface area contributed by atoms with Crippen molar-refractivity contribution in [3.63, 3.8) is 0 Å². The molecule has 2 N–H and O–H groups in total. The molecule has 0 heterocycles. The van der Waals surface area contributed by atoms with E-state index in [1.807, 2.05) is 24.3 Å². The maximum absolute atomic E-state index is 11.8. The molecule has 1 aromatic carbocycles. The van der Waals surface area contributed by atoms with Gasteiger partial charge >= 0.3 is 5.97 Å². The highest BCUT2D eigenvalue weighted by atomic mass is 79.9. The van der Waals surface area contributed by atoms with Crippen molar-refractivity contribution in [2.45, 2.75) is 25.8 Å². The molecular weight excluding hydrogens is 286 g/mol. The van der Waals surface area contributed by atoms with Crippen molar-refractivity contribution in [2.24, 2.45) is 0 Å². The van der Waals surface area contributed by atoms with Crippen LogP contribution < -0.4 is 5.32 Å². The fourth-order valence-corrected chi connectivity index (χ4v) is 1.57. The molecule has 0 aliphatic carbocycles. The molecular formula is C12H14BrNO3. The molecule has 4 nitrogen and oxygen atoms in total. The Labute approximate surface area is 108 Å². The summed E-state index contributed by atoms with van der Waals surface area (Å²) in [5, 5.41) is 11.1. The molecule has 0 saturated carbocycles. The third kappa shape index (κ3) is 3.85. The van der Waals surface area contributed by atoms with Gasteiger partial charge in [0.25, 0.3) is 0 Å². The Morgan fingerprint density at radius 2 is 1.76 bits per heavy atom. The molecule has 0 saturated heterocycles. The van der Waals surface area contributed by atoms with Gasteiger partial charge in [-0.2, -0.15) is 0 Å². The molecule has 0 fully saturated rings. The van der Waals surface area contributed by atoms with Gasteiger partial charge in [-0.15, -0.1) is 0 Å². The lowest BCUT2D eigenvalue weighted by molar-refractivity contribution is -0.141. The summed E-state index contributed by atoms with van der Waals surface area (Å²) in [5.41, 5.74) is 0.850. The van der Waals surface area contributed by atoms with Gasteiger partial charge in [0.1, 0.15) is 6.04 Å². The van der Waals surface area contributed by atoms with Crippen LogP contribution in [-0.4, -0.2) is 23.0 Å². The summed E-state index contributed by atoms with van der Waals surface area (Å²) < 4.78 is 0.938. The number of carbonyl (C=O) groups is 2. The fraction of sp³-hybridized carbons (Fsp3) is 0.333. The third-order valence-electron chi connectivity index (χ3n) is 2.49. The van der Waals surface area contributed by atoms with Crippen LogP contribution in [0.15, 0.2) is 28.7 Å². The standard InChI is InChI=1S/C12H14BrNO3/c1-7(9-3-5-10(13)6-4-9)11(15)14-8(2)12(16)17/h3-8H,1-2H3,(H,14,15)(H,16,17)/t7?,8-/m1/s1. The number of nitrogens with one attached hydrogen (secondary N) is 1. The van der Waals surface area contributed by atoms with Crippen LogP contribution in [0.3, 0.4) is 0 Å². The lowest BCUT2D eigenvalue weighted by Crippen LogP contribution is -2.40. The third-order valence-corrected chi connectivity index (χ3v) is 3.02. The molecule has 0 aliphatic rings. The Hall–Kier alpha value is -1.36. The molecule has 92 valence electrons. The highest BCUT2D eigenvalue weighted by molar-refractivity contribution is 9.10. The summed E-state index contributed by atoms with van der Waals surface area (Å²) >= 11 is 3.31. The molecule has 2 atom stereocenters. The van der Waals surface area contributed by atoms with Crippen molar-refractivity contribution in [3.8, 4) is 0 Å². The number of rotatable bonds is 4. The number of benzene rings is 1. The van der Waals surface area contributed by atoms with Crippen molar-refractivity contribution < 1.29 is 14.7 Å². The second-order valence-electron chi connectivity index (χ2n) is 3.84. The fourth-order valence-electron chi connectivity index (χ4n) is 1.30. The highest BCUT2D eigenvalue weighted by Gasteiger charge is 2.19. The van der Waals surface area contributed by atoms with Crippen molar-refractivity contribution >= 4 is 27.8 Å². The number of carboxylic acids is 1. The molecule has 0 bridgehead atoms. The van der Waals surface area contributed by atoms with E-state index in [1.54, 1.807) is 6.92 Å². The van der Waals surface area contributed by atoms with Crippen molar-refractivity contribution in [3.05, 3.63) is 34.3 Å². The normalized spacial score (nSPS) is 13.8. The average Bonchev–Trinajstić information content (AvgIpc) is 2.28. The average molecular weight is 300 g/mol. The van der Waals surface area contributed by atoms with Crippen molar-refractivity contribution in [1.29, 1.82) is 0 Å². The monoisotopic (exact) mass is 299 g/mol. The number of aliphatic carboxylic acids is 1. The molecule has 0 radical (unpaired) electrons. The number of hydrogen-bond acceptors (Lipinski definition) is 2. The minimum absolute atomic E-state index is 0.290. The summed E-state index contributed by atoms with van der Waals surface area (Å²) in [6, 6.07) is 6.49. The van der Waals surface area contributed by atoms with Gasteiger partial charge in [0.15, 0.2) is 0 Å². The number of carbonyl (C=O) groups excluding carboxylic acids is 1. The van der Waals surface area contributed by atoms with Gasteiger partial charge in [-0.25, -0.2) is 0 Å². The Bertz CT molecular complexity index is 416. The Morgan fingerprint density at radius 1 is 1.24 bits per heavy atom. The maximum Gasteiger partial charge on any atom is 0.325 e. The molecule has 0 aromatic heterocycles. The molecule has 1 aromatic rings. The van der Waals surface area contributed by atoms with E-state index in [0.717, 1.165) is 10.0 Å². The molecule has 1 rings (SSSR count). The lowest BCUT2D eigenvalue weighted by Gasteiger charge is -2.15. The number of hydrogen-bond donors (Lipinski definition) is 2. The van der Waals surface area contributed by atoms with E-state index in [9.17, 15) is 9.59 Å². The van der Waals surface area contributed by atoms with Gasteiger partial charge in [0, 0.05) is 4.47 Å². The summed E-state index contributed by atoms with van der Waals surface area (Å²) in [4.78, 5) is 22.4. The van der Waals surface area contributed by atoms with E-state index >= 15 is 0 Å². The topological polar surface area (TPSA) is 66.4 Å². The second-order valence-corrected chi connectivity index (χ2v) is 4.76. The lowest BCUT2D eigenvalue weighted by atomic mass is 10.0. The van der Waals surface area contributed by atoms with E-state index in [4.69, 9.17) is 5.11 Å². The first-order valence-electron chi connectivity index (χ1n) is 5.20. The first kappa shape index (κ1) is 13.7. The van der Waals surface area contributed by atoms with Gasteiger partial charge in [-0.05, 0) is 31.5 Å². The maximum atomic E-state index is 11.8. The summed E-state index contributed by atoms with van der Waals surface area (Å²) in [7, 11) is 0. The van der Waals surface area contributed by atoms with Crippen LogP contribution in [-0.2, 0) is 9.59 Å². The zero-order chi connectivity index (χ0) is 13.0. The van der Waals surface area contributed by atoms with Crippen LogP contribution in [0.25, 0.3) is 0 Å². The zero-order valence-corrected chi connectivity index (χ0v) is 11.2. The molecule has 1 unspecified atom stereocenters. The van der Waals surface area contributed by atoms with Gasteiger partial charge in [0.05, 0.1) is 5.92 Å². The summed E-state index contributed by atoms with van der Waals surface area (Å²) in [6.45, 7) is 3.18. The first-order valence-corrected chi connectivity index (χ1v) is 5.99. The van der Waals surface area contributed by atoms with E-state index in [2.05, 4.69) is 21.2 Å². The summed E-state index contributed by atoms with van der Waals surface area (Å²) in [5.74, 6) is -1.70. The molecule has 0 aliphatic heterocycles. The van der Waals surface area contributed by atoms with Crippen LogP contribution in [0.1, 0.15) is 25.3 Å². The zero-order valence-electron chi connectivity index (χ0n) is 9.61. The Morgan fingerprint density at radius 3 is 2.24 bits per heavy atom. The minimum atomic E-state index is -1.04. The SMILES string of the molecule is CC(C(=O)N[C@H](C)C(=O)O)c1ccc(Br)cc1. The highest BCUT2D eigenvalue weighted by Crippen LogP contribution is 2.18. The van der Waals surface area contributed by atoms with Crippen LogP contribution in [0, 0.1) is 0 Å². The number of halogens is 1.